The molecule has 20 heavy (non-hydrogen) atoms. The van der Waals surface area contributed by atoms with E-state index in [1.54, 1.807) is 0 Å². The molecule has 110 valence electrons. The van der Waals surface area contributed by atoms with E-state index >= 15 is 0 Å². The summed E-state index contributed by atoms with van der Waals surface area (Å²) < 4.78 is 0. The maximum absolute atomic E-state index is 9.90. The van der Waals surface area contributed by atoms with Crippen LogP contribution in [0.15, 0.2) is 12.1 Å². The van der Waals surface area contributed by atoms with Crippen molar-refractivity contribution in [2.45, 2.75) is 52.5 Å². The average molecular weight is 273 g/mol. The Kier molecular flexibility index (Phi) is 3.76. The molecule has 2 heterocycles. The van der Waals surface area contributed by atoms with E-state index in [0.29, 0.717) is 11.8 Å². The Bertz CT molecular complexity index is 494. The molecule has 2 aliphatic rings. The van der Waals surface area contributed by atoms with Gasteiger partial charge in [-0.2, -0.15) is 0 Å². The van der Waals surface area contributed by atoms with Crippen LogP contribution in [0, 0.1) is 18.8 Å². The number of hydrogen-bond acceptors (Lipinski definition) is 2. The predicted octanol–water partition coefficient (Wildman–Crippen LogP) is 4.06. The first-order chi connectivity index (χ1) is 9.54. The summed E-state index contributed by atoms with van der Waals surface area (Å²) in [6, 6.07) is 4.83. The summed E-state index contributed by atoms with van der Waals surface area (Å²) in [6.45, 7) is 9.11. The van der Waals surface area contributed by atoms with Gasteiger partial charge in [0.25, 0.3) is 0 Å². The maximum atomic E-state index is 9.90. The van der Waals surface area contributed by atoms with E-state index in [4.69, 9.17) is 0 Å². The van der Waals surface area contributed by atoms with E-state index in [0.717, 1.165) is 30.4 Å². The third-order valence-corrected chi connectivity index (χ3v) is 5.07. The molecular formula is C18H27NO. The van der Waals surface area contributed by atoms with Crippen molar-refractivity contribution in [1.29, 1.82) is 0 Å². The van der Waals surface area contributed by atoms with E-state index in [1.165, 1.54) is 36.9 Å². The molecule has 0 spiro atoms. The standard InChI is InChI=1S/C18H27NO/c1-12(2)8-14-4-5-17-16-9-13(3)18(20)10-15(16)6-7-19(17)11-14/h9-10,12,14,17,20H,4-8,11H2,1-3H3. The number of benzene rings is 1. The SMILES string of the molecule is Cc1cc2c(cc1O)CCN1CC(CC(C)C)CCC21. The highest BCUT2D eigenvalue weighted by Gasteiger charge is 2.33. The minimum Gasteiger partial charge on any atom is -0.508 e. The Morgan fingerprint density at radius 2 is 2.10 bits per heavy atom. The summed E-state index contributed by atoms with van der Waals surface area (Å²) in [5, 5.41) is 9.90. The molecule has 0 bridgehead atoms. The van der Waals surface area contributed by atoms with Crippen molar-refractivity contribution < 1.29 is 5.11 Å². The first-order valence-corrected chi connectivity index (χ1v) is 8.11. The monoisotopic (exact) mass is 273 g/mol. The molecule has 1 fully saturated rings. The Morgan fingerprint density at radius 3 is 2.85 bits per heavy atom. The lowest BCUT2D eigenvalue weighted by atomic mass is 9.80. The van der Waals surface area contributed by atoms with Crippen LogP contribution in [0.3, 0.4) is 0 Å². The number of rotatable bonds is 2. The van der Waals surface area contributed by atoms with Crippen molar-refractivity contribution in [3.63, 3.8) is 0 Å². The van der Waals surface area contributed by atoms with E-state index < -0.39 is 0 Å². The molecule has 2 atom stereocenters. The van der Waals surface area contributed by atoms with Crippen LogP contribution < -0.4 is 0 Å². The number of phenols is 1. The van der Waals surface area contributed by atoms with Gasteiger partial charge in [0.2, 0.25) is 0 Å². The highest BCUT2D eigenvalue weighted by molar-refractivity contribution is 5.44. The number of hydrogen-bond donors (Lipinski definition) is 1. The second-order valence-corrected chi connectivity index (χ2v) is 7.17. The molecule has 1 aromatic carbocycles. The van der Waals surface area contributed by atoms with Gasteiger partial charge >= 0.3 is 0 Å². The average Bonchev–Trinajstić information content (AvgIpc) is 2.39. The summed E-state index contributed by atoms with van der Waals surface area (Å²) in [4.78, 5) is 2.69. The van der Waals surface area contributed by atoms with Crippen molar-refractivity contribution in [3.8, 4) is 5.75 Å². The molecule has 2 unspecified atom stereocenters. The molecule has 0 amide bonds. The smallest absolute Gasteiger partial charge is 0.118 e. The van der Waals surface area contributed by atoms with Crippen LogP contribution in [0.5, 0.6) is 5.75 Å². The second kappa shape index (κ2) is 5.40. The minimum atomic E-state index is 0.464. The van der Waals surface area contributed by atoms with Crippen LogP contribution in [0.2, 0.25) is 0 Å². The first kappa shape index (κ1) is 13.9. The van der Waals surface area contributed by atoms with E-state index in [1.807, 2.05) is 13.0 Å². The number of aromatic hydroxyl groups is 1. The lowest BCUT2D eigenvalue weighted by Gasteiger charge is -2.44. The van der Waals surface area contributed by atoms with Crippen LogP contribution in [0.4, 0.5) is 0 Å². The maximum Gasteiger partial charge on any atom is 0.118 e. The Morgan fingerprint density at radius 1 is 1.30 bits per heavy atom. The molecule has 1 N–H and O–H groups in total. The third-order valence-electron chi connectivity index (χ3n) is 5.07. The molecule has 1 aromatic rings. The van der Waals surface area contributed by atoms with Gasteiger partial charge in [0.15, 0.2) is 0 Å². The summed E-state index contributed by atoms with van der Waals surface area (Å²) in [6.07, 6.45) is 5.10. The zero-order valence-electron chi connectivity index (χ0n) is 13.0. The van der Waals surface area contributed by atoms with Gasteiger partial charge in [-0.3, -0.25) is 4.90 Å². The molecule has 0 aliphatic carbocycles. The number of nitrogens with zero attached hydrogens (tertiary/aromatic N) is 1. The summed E-state index contributed by atoms with van der Waals surface area (Å²) in [7, 11) is 0. The fraction of sp³-hybridized carbons (Fsp3) is 0.667. The van der Waals surface area contributed by atoms with Crippen molar-refractivity contribution >= 4 is 0 Å². The Labute approximate surface area is 122 Å². The quantitative estimate of drug-likeness (QED) is 0.878. The van der Waals surface area contributed by atoms with Gasteiger partial charge in [0.1, 0.15) is 5.75 Å². The lowest BCUT2D eigenvalue weighted by molar-refractivity contribution is 0.0895. The number of aryl methyl sites for hydroxylation is 1. The first-order valence-electron chi connectivity index (χ1n) is 8.11. The van der Waals surface area contributed by atoms with Crippen molar-refractivity contribution in [1.82, 2.24) is 4.90 Å². The fourth-order valence-corrected chi connectivity index (χ4v) is 4.14. The normalized spacial score (nSPS) is 26.4. The zero-order chi connectivity index (χ0) is 14.3. The highest BCUT2D eigenvalue weighted by Crippen LogP contribution is 2.41. The fourth-order valence-electron chi connectivity index (χ4n) is 4.14. The van der Waals surface area contributed by atoms with E-state index in [9.17, 15) is 5.11 Å². The second-order valence-electron chi connectivity index (χ2n) is 7.17. The number of phenolic OH excluding ortho intramolecular Hbond substituents is 1. The van der Waals surface area contributed by atoms with Crippen molar-refractivity contribution in [2.75, 3.05) is 13.1 Å². The Hall–Kier alpha value is -1.02. The highest BCUT2D eigenvalue weighted by atomic mass is 16.3. The van der Waals surface area contributed by atoms with E-state index in [2.05, 4.69) is 24.8 Å². The molecule has 0 saturated carbocycles. The molecular weight excluding hydrogens is 246 g/mol. The largest absolute Gasteiger partial charge is 0.508 e. The predicted molar refractivity (Wildman–Crippen MR) is 83.0 cm³/mol. The molecule has 0 radical (unpaired) electrons. The topological polar surface area (TPSA) is 23.5 Å². The van der Waals surface area contributed by atoms with Gasteiger partial charge in [-0.15, -0.1) is 0 Å². The molecule has 0 aromatic heterocycles. The summed E-state index contributed by atoms with van der Waals surface area (Å²) in [5.74, 6) is 2.16. The van der Waals surface area contributed by atoms with Crippen molar-refractivity contribution in [2.24, 2.45) is 11.8 Å². The molecule has 3 rings (SSSR count). The van der Waals surface area contributed by atoms with Gasteiger partial charge < -0.3 is 5.11 Å². The van der Waals surface area contributed by atoms with Gasteiger partial charge in [0, 0.05) is 19.1 Å². The Balaban J connectivity index is 1.80. The van der Waals surface area contributed by atoms with Crippen LogP contribution in [0.25, 0.3) is 0 Å². The van der Waals surface area contributed by atoms with Gasteiger partial charge in [-0.1, -0.05) is 19.9 Å². The lowest BCUT2D eigenvalue weighted by Crippen LogP contribution is -2.42. The molecule has 1 saturated heterocycles. The van der Waals surface area contributed by atoms with Crippen LogP contribution >= 0.6 is 0 Å². The van der Waals surface area contributed by atoms with E-state index in [-0.39, 0.29) is 0 Å². The van der Waals surface area contributed by atoms with Crippen LogP contribution in [-0.2, 0) is 6.42 Å². The number of fused-ring (bicyclic) bond motifs is 3. The number of piperidine rings is 1. The molecule has 2 aliphatic heterocycles. The van der Waals surface area contributed by atoms with Gasteiger partial charge in [0.05, 0.1) is 0 Å². The van der Waals surface area contributed by atoms with Crippen LogP contribution in [0.1, 0.15) is 55.8 Å². The molecule has 2 nitrogen and oxygen atoms in total. The molecule has 2 heteroatoms. The van der Waals surface area contributed by atoms with Gasteiger partial charge in [-0.05, 0) is 67.2 Å². The van der Waals surface area contributed by atoms with Crippen molar-refractivity contribution in [3.05, 3.63) is 28.8 Å². The van der Waals surface area contributed by atoms with Gasteiger partial charge in [-0.25, -0.2) is 0 Å². The minimum absolute atomic E-state index is 0.464. The zero-order valence-corrected chi connectivity index (χ0v) is 13.0. The summed E-state index contributed by atoms with van der Waals surface area (Å²) in [5.41, 5.74) is 3.88. The van der Waals surface area contributed by atoms with Crippen LogP contribution in [-0.4, -0.2) is 23.1 Å². The third kappa shape index (κ3) is 2.58. The summed E-state index contributed by atoms with van der Waals surface area (Å²) >= 11 is 0.